The van der Waals surface area contributed by atoms with E-state index in [4.69, 9.17) is 33.0 Å². The van der Waals surface area contributed by atoms with Crippen LogP contribution in [0.3, 0.4) is 0 Å². The van der Waals surface area contributed by atoms with Gasteiger partial charge in [0.1, 0.15) is 10.8 Å². The van der Waals surface area contributed by atoms with Gasteiger partial charge in [0.25, 0.3) is 0 Å². The van der Waals surface area contributed by atoms with Crippen LogP contribution >= 0.6 is 23.2 Å². The Labute approximate surface area is 126 Å². The molecule has 1 N–H and O–H groups in total. The molecular weight excluding hydrogens is 303 g/mol. The van der Waals surface area contributed by atoms with Crippen LogP contribution in [0, 0.1) is 5.92 Å². The van der Waals surface area contributed by atoms with Gasteiger partial charge in [-0.1, -0.05) is 30.1 Å². The number of carboxylic acids is 1. The molecule has 0 spiro atoms. The number of carbonyl (C=O) groups is 2. The van der Waals surface area contributed by atoms with Crippen LogP contribution in [0.25, 0.3) is 0 Å². The van der Waals surface area contributed by atoms with E-state index in [2.05, 4.69) is 0 Å². The quantitative estimate of drug-likeness (QED) is 0.843. The van der Waals surface area contributed by atoms with Crippen molar-refractivity contribution in [3.63, 3.8) is 0 Å². The van der Waals surface area contributed by atoms with Gasteiger partial charge in [-0.05, 0) is 24.5 Å². The lowest BCUT2D eigenvalue weighted by Crippen LogP contribution is -2.05. The second kappa shape index (κ2) is 6.02. The number of ketones is 1. The highest BCUT2D eigenvalue weighted by Gasteiger charge is 2.31. The van der Waals surface area contributed by atoms with Gasteiger partial charge in [0, 0.05) is 17.9 Å². The normalized spacial score (nSPS) is 17.1. The highest BCUT2D eigenvalue weighted by Crippen LogP contribution is 2.42. The zero-order valence-corrected chi connectivity index (χ0v) is 12.4. The Hall–Kier alpha value is -1.26. The van der Waals surface area contributed by atoms with E-state index in [1.54, 1.807) is 6.07 Å². The molecule has 1 aromatic carbocycles. The van der Waals surface area contributed by atoms with Crippen LogP contribution in [0.4, 0.5) is 0 Å². The standard InChI is InChI=1S/C14H14Cl2O4/c1-7-5-8-6-9(20-4-2-3-10(17)18)12(15)13(16)11(8)14(7)19/h6-7H,2-5H2,1H3,(H,17,18). The number of Topliss-reactive ketones (excluding diaryl/α,β-unsaturated/α-hetero) is 1. The minimum Gasteiger partial charge on any atom is -0.492 e. The largest absolute Gasteiger partial charge is 0.492 e. The molecule has 1 aliphatic rings. The fourth-order valence-electron chi connectivity index (χ4n) is 2.26. The predicted octanol–water partition coefficient (Wildman–Crippen LogP) is 3.61. The van der Waals surface area contributed by atoms with Crippen molar-refractivity contribution in [2.75, 3.05) is 6.61 Å². The summed E-state index contributed by atoms with van der Waals surface area (Å²) in [6, 6.07) is 1.73. The molecule has 0 aliphatic heterocycles. The molecule has 0 saturated heterocycles. The number of aliphatic carboxylic acids is 1. The summed E-state index contributed by atoms with van der Waals surface area (Å²) >= 11 is 12.2. The number of ether oxygens (including phenoxy) is 1. The lowest BCUT2D eigenvalue weighted by Gasteiger charge is -2.11. The summed E-state index contributed by atoms with van der Waals surface area (Å²) in [6.07, 6.45) is 1.04. The second-order valence-electron chi connectivity index (χ2n) is 4.85. The Morgan fingerprint density at radius 2 is 2.15 bits per heavy atom. The Morgan fingerprint density at radius 3 is 2.80 bits per heavy atom. The summed E-state index contributed by atoms with van der Waals surface area (Å²) < 4.78 is 5.47. The highest BCUT2D eigenvalue weighted by atomic mass is 35.5. The average molecular weight is 317 g/mol. The van der Waals surface area contributed by atoms with Crippen LogP contribution in [-0.2, 0) is 11.2 Å². The van der Waals surface area contributed by atoms with Gasteiger partial charge in [-0.25, -0.2) is 0 Å². The number of carbonyl (C=O) groups excluding carboxylic acids is 1. The molecule has 6 heteroatoms. The van der Waals surface area contributed by atoms with Crippen molar-refractivity contribution in [1.82, 2.24) is 0 Å². The van der Waals surface area contributed by atoms with E-state index in [1.807, 2.05) is 6.92 Å². The first-order valence-corrected chi connectivity index (χ1v) is 7.07. The van der Waals surface area contributed by atoms with E-state index in [-0.39, 0.29) is 34.8 Å². The zero-order chi connectivity index (χ0) is 14.9. The molecule has 0 bridgehead atoms. The van der Waals surface area contributed by atoms with E-state index in [1.165, 1.54) is 0 Å². The third kappa shape index (κ3) is 2.91. The molecule has 1 aliphatic carbocycles. The van der Waals surface area contributed by atoms with E-state index >= 15 is 0 Å². The summed E-state index contributed by atoms with van der Waals surface area (Å²) in [4.78, 5) is 22.4. The first kappa shape index (κ1) is 15.1. The van der Waals surface area contributed by atoms with Crippen molar-refractivity contribution in [2.45, 2.75) is 26.2 Å². The van der Waals surface area contributed by atoms with Crippen molar-refractivity contribution < 1.29 is 19.4 Å². The van der Waals surface area contributed by atoms with Crippen molar-refractivity contribution >= 4 is 35.0 Å². The molecule has 0 heterocycles. The number of fused-ring (bicyclic) bond motifs is 1. The van der Waals surface area contributed by atoms with E-state index < -0.39 is 5.97 Å². The summed E-state index contributed by atoms with van der Waals surface area (Å²) in [5, 5.41) is 8.99. The van der Waals surface area contributed by atoms with Crippen LogP contribution in [0.1, 0.15) is 35.7 Å². The Bertz CT molecular complexity index is 569. The number of hydrogen-bond acceptors (Lipinski definition) is 3. The minimum atomic E-state index is -0.869. The fourth-order valence-corrected chi connectivity index (χ4v) is 2.77. The van der Waals surface area contributed by atoms with Gasteiger partial charge >= 0.3 is 5.97 Å². The summed E-state index contributed by atoms with van der Waals surface area (Å²) in [5.74, 6) is -0.557. The fraction of sp³-hybridized carbons (Fsp3) is 0.429. The maximum absolute atomic E-state index is 12.0. The molecule has 4 nitrogen and oxygen atoms in total. The topological polar surface area (TPSA) is 63.6 Å². The molecule has 20 heavy (non-hydrogen) atoms. The second-order valence-corrected chi connectivity index (χ2v) is 5.61. The van der Waals surface area contributed by atoms with Crippen LogP contribution in [0.2, 0.25) is 10.0 Å². The maximum atomic E-state index is 12.0. The number of benzene rings is 1. The van der Waals surface area contributed by atoms with Gasteiger partial charge in [0.2, 0.25) is 0 Å². The highest BCUT2D eigenvalue weighted by molar-refractivity contribution is 6.45. The number of halogens is 2. The van der Waals surface area contributed by atoms with Gasteiger partial charge in [-0.15, -0.1) is 0 Å². The van der Waals surface area contributed by atoms with E-state index in [9.17, 15) is 9.59 Å². The van der Waals surface area contributed by atoms with Crippen LogP contribution in [0.5, 0.6) is 5.75 Å². The molecule has 0 fully saturated rings. The van der Waals surface area contributed by atoms with Gasteiger partial charge in [-0.2, -0.15) is 0 Å². The molecular formula is C14H14Cl2O4. The molecule has 1 atom stereocenters. The van der Waals surface area contributed by atoms with Crippen molar-refractivity contribution in [3.8, 4) is 5.75 Å². The molecule has 0 saturated carbocycles. The van der Waals surface area contributed by atoms with Gasteiger partial charge in [0.05, 0.1) is 11.6 Å². The van der Waals surface area contributed by atoms with E-state index in [0.717, 1.165) is 5.56 Å². The lowest BCUT2D eigenvalue weighted by atomic mass is 10.1. The molecule has 1 unspecified atom stereocenters. The smallest absolute Gasteiger partial charge is 0.303 e. The number of carboxylic acid groups (broad SMARTS) is 1. The monoisotopic (exact) mass is 316 g/mol. The van der Waals surface area contributed by atoms with Crippen LogP contribution < -0.4 is 4.74 Å². The van der Waals surface area contributed by atoms with Gasteiger partial charge in [0.15, 0.2) is 5.78 Å². The summed E-state index contributed by atoms with van der Waals surface area (Å²) in [6.45, 7) is 2.09. The van der Waals surface area contributed by atoms with Gasteiger partial charge in [-0.3, -0.25) is 9.59 Å². The molecule has 0 aromatic heterocycles. The molecule has 0 amide bonds. The molecule has 2 rings (SSSR count). The third-order valence-corrected chi connectivity index (χ3v) is 4.12. The Kier molecular flexibility index (Phi) is 4.55. The molecule has 1 aromatic rings. The first-order valence-electron chi connectivity index (χ1n) is 6.31. The number of rotatable bonds is 5. The Balaban J connectivity index is 2.16. The number of hydrogen-bond donors (Lipinski definition) is 1. The average Bonchev–Trinajstić information content (AvgIpc) is 2.66. The summed E-state index contributed by atoms with van der Waals surface area (Å²) in [5.41, 5.74) is 1.33. The SMILES string of the molecule is CC1Cc2cc(OCCCC(=O)O)c(Cl)c(Cl)c2C1=O. The van der Waals surface area contributed by atoms with E-state index in [0.29, 0.717) is 24.2 Å². The van der Waals surface area contributed by atoms with Crippen LogP contribution in [-0.4, -0.2) is 23.5 Å². The van der Waals surface area contributed by atoms with Crippen molar-refractivity contribution in [3.05, 3.63) is 27.2 Å². The Morgan fingerprint density at radius 1 is 1.45 bits per heavy atom. The minimum absolute atomic E-state index is 0.00401. The van der Waals surface area contributed by atoms with Crippen LogP contribution in [0.15, 0.2) is 6.07 Å². The van der Waals surface area contributed by atoms with Gasteiger partial charge < -0.3 is 9.84 Å². The van der Waals surface area contributed by atoms with Crippen molar-refractivity contribution in [2.24, 2.45) is 5.92 Å². The third-order valence-electron chi connectivity index (χ3n) is 3.27. The molecule has 108 valence electrons. The zero-order valence-electron chi connectivity index (χ0n) is 10.9. The molecule has 0 radical (unpaired) electrons. The van der Waals surface area contributed by atoms with Crippen molar-refractivity contribution in [1.29, 1.82) is 0 Å². The maximum Gasteiger partial charge on any atom is 0.303 e. The summed E-state index contributed by atoms with van der Waals surface area (Å²) in [7, 11) is 0. The first-order chi connectivity index (χ1) is 9.41. The lowest BCUT2D eigenvalue weighted by molar-refractivity contribution is -0.137. The predicted molar refractivity (Wildman–Crippen MR) is 76.0 cm³/mol.